The molecule has 1 fully saturated rings. The molecule has 1 aliphatic rings. The molecule has 6 nitrogen and oxygen atoms in total. The molecule has 0 saturated carbocycles. The molecule has 126 valence electrons. The van der Waals surface area contributed by atoms with Crippen molar-refractivity contribution in [2.24, 2.45) is 5.92 Å². The molecule has 2 N–H and O–H groups in total. The van der Waals surface area contributed by atoms with Crippen molar-refractivity contribution in [1.29, 1.82) is 0 Å². The van der Waals surface area contributed by atoms with Crippen LogP contribution in [0, 0.1) is 5.92 Å². The van der Waals surface area contributed by atoms with E-state index in [1.54, 1.807) is 24.0 Å². The summed E-state index contributed by atoms with van der Waals surface area (Å²) in [6, 6.07) is 8.57. The van der Waals surface area contributed by atoms with Gasteiger partial charge in [-0.05, 0) is 31.9 Å². The molecule has 3 rings (SSSR count). The van der Waals surface area contributed by atoms with E-state index in [-0.39, 0.29) is 11.9 Å². The lowest BCUT2D eigenvalue weighted by atomic mass is 9.90. The number of rotatable bonds is 3. The maximum absolute atomic E-state index is 12.7. The van der Waals surface area contributed by atoms with E-state index in [1.807, 2.05) is 18.2 Å². The van der Waals surface area contributed by atoms with Crippen molar-refractivity contribution in [2.75, 3.05) is 6.54 Å². The van der Waals surface area contributed by atoms with Gasteiger partial charge in [-0.2, -0.15) is 5.10 Å². The molecule has 1 aromatic carbocycles. The Bertz CT molecular complexity index is 774. The minimum Gasteiger partial charge on any atom is -0.481 e. The van der Waals surface area contributed by atoms with Crippen LogP contribution in [0.5, 0.6) is 0 Å². The largest absolute Gasteiger partial charge is 0.481 e. The van der Waals surface area contributed by atoms with E-state index in [9.17, 15) is 14.7 Å². The molecule has 1 aliphatic heterocycles. The highest BCUT2D eigenvalue weighted by Crippen LogP contribution is 2.28. The molecule has 0 aliphatic carbocycles. The van der Waals surface area contributed by atoms with Crippen LogP contribution in [0.1, 0.15) is 30.3 Å². The van der Waals surface area contributed by atoms with E-state index in [0.29, 0.717) is 35.8 Å². The van der Waals surface area contributed by atoms with Gasteiger partial charge in [-0.1, -0.05) is 29.8 Å². The summed E-state index contributed by atoms with van der Waals surface area (Å²) in [5, 5.41) is 16.8. The summed E-state index contributed by atoms with van der Waals surface area (Å²) in [5.41, 5.74) is 1.66. The zero-order valence-corrected chi connectivity index (χ0v) is 14.0. The minimum absolute atomic E-state index is 0.237. The second kappa shape index (κ2) is 6.65. The zero-order valence-electron chi connectivity index (χ0n) is 13.2. The van der Waals surface area contributed by atoms with E-state index in [0.717, 1.165) is 5.56 Å². The van der Waals surface area contributed by atoms with Gasteiger partial charge in [0.25, 0.3) is 5.91 Å². The molecule has 2 atom stereocenters. The van der Waals surface area contributed by atoms with Crippen LogP contribution in [0.15, 0.2) is 30.3 Å². The van der Waals surface area contributed by atoms with E-state index in [4.69, 9.17) is 11.6 Å². The molecular weight excluding hydrogens is 330 g/mol. The third-order valence-electron chi connectivity index (χ3n) is 4.52. The van der Waals surface area contributed by atoms with Gasteiger partial charge in [-0.3, -0.25) is 14.7 Å². The predicted molar refractivity (Wildman–Crippen MR) is 89.9 cm³/mol. The molecule has 0 radical (unpaired) electrons. The number of H-pyrrole nitrogens is 1. The molecule has 0 bridgehead atoms. The molecule has 2 aromatic rings. The number of likely N-dealkylation sites (tertiary alicyclic amines) is 1. The number of benzene rings is 1. The third kappa shape index (κ3) is 3.01. The number of hydrogen-bond acceptors (Lipinski definition) is 3. The number of nitrogens with zero attached hydrogens (tertiary/aromatic N) is 2. The molecule has 1 aromatic heterocycles. The average molecular weight is 348 g/mol. The number of aromatic nitrogens is 2. The van der Waals surface area contributed by atoms with Gasteiger partial charge in [0.2, 0.25) is 0 Å². The Morgan fingerprint density at radius 1 is 1.38 bits per heavy atom. The Morgan fingerprint density at radius 2 is 2.12 bits per heavy atom. The van der Waals surface area contributed by atoms with Crippen LogP contribution in [-0.4, -0.2) is 44.7 Å². The van der Waals surface area contributed by atoms with Crippen LogP contribution in [0.2, 0.25) is 5.02 Å². The number of piperidine rings is 1. The number of aliphatic carboxylic acids is 1. The first-order valence-electron chi connectivity index (χ1n) is 7.83. The minimum atomic E-state index is -0.860. The summed E-state index contributed by atoms with van der Waals surface area (Å²) in [6.07, 6.45) is 1.27. The fraction of sp³-hybridized carbons (Fsp3) is 0.353. The number of halogens is 1. The van der Waals surface area contributed by atoms with Crippen LogP contribution >= 0.6 is 11.6 Å². The van der Waals surface area contributed by atoms with Crippen molar-refractivity contribution in [3.63, 3.8) is 0 Å². The first-order valence-corrected chi connectivity index (χ1v) is 8.21. The number of aromatic amines is 1. The quantitative estimate of drug-likeness (QED) is 0.893. The highest BCUT2D eigenvalue weighted by atomic mass is 35.5. The molecule has 1 saturated heterocycles. The zero-order chi connectivity index (χ0) is 17.3. The SMILES string of the molecule is C[C@@H]1[C@H](C(=O)O)CCCN1C(=O)c1cc(-c2ccccc2Cl)n[nH]1. The fourth-order valence-electron chi connectivity index (χ4n) is 3.15. The lowest BCUT2D eigenvalue weighted by Gasteiger charge is -2.37. The van der Waals surface area contributed by atoms with E-state index in [1.165, 1.54) is 0 Å². The van der Waals surface area contributed by atoms with Crippen molar-refractivity contribution in [3.8, 4) is 11.3 Å². The fourth-order valence-corrected chi connectivity index (χ4v) is 3.39. The second-order valence-electron chi connectivity index (χ2n) is 5.97. The number of nitrogens with one attached hydrogen (secondary N) is 1. The first kappa shape index (κ1) is 16.5. The monoisotopic (exact) mass is 347 g/mol. The van der Waals surface area contributed by atoms with E-state index >= 15 is 0 Å². The summed E-state index contributed by atoms with van der Waals surface area (Å²) < 4.78 is 0. The Hall–Kier alpha value is -2.34. The van der Waals surface area contributed by atoms with Crippen LogP contribution < -0.4 is 0 Å². The molecule has 1 amide bonds. The molecule has 2 heterocycles. The van der Waals surface area contributed by atoms with Crippen LogP contribution in [0.25, 0.3) is 11.3 Å². The number of carboxylic acids is 1. The van der Waals surface area contributed by atoms with Gasteiger partial charge < -0.3 is 10.0 Å². The topological polar surface area (TPSA) is 86.3 Å². The number of carbonyl (C=O) groups excluding carboxylic acids is 1. The van der Waals surface area contributed by atoms with Gasteiger partial charge in [0.1, 0.15) is 5.69 Å². The predicted octanol–water partition coefficient (Wildman–Crippen LogP) is 3.06. The lowest BCUT2D eigenvalue weighted by Crippen LogP contribution is -2.49. The van der Waals surface area contributed by atoms with Crippen molar-refractivity contribution in [1.82, 2.24) is 15.1 Å². The second-order valence-corrected chi connectivity index (χ2v) is 6.38. The molecular formula is C17H18ClN3O3. The van der Waals surface area contributed by atoms with Gasteiger partial charge in [0.05, 0.1) is 16.6 Å². The highest BCUT2D eigenvalue weighted by Gasteiger charge is 2.36. The van der Waals surface area contributed by atoms with Crippen molar-refractivity contribution in [3.05, 3.63) is 41.0 Å². The summed E-state index contributed by atoms with van der Waals surface area (Å²) >= 11 is 6.16. The summed E-state index contributed by atoms with van der Waals surface area (Å²) in [7, 11) is 0. The molecule has 0 unspecified atom stereocenters. The van der Waals surface area contributed by atoms with E-state index in [2.05, 4.69) is 10.2 Å². The van der Waals surface area contributed by atoms with Crippen LogP contribution in [0.4, 0.5) is 0 Å². The van der Waals surface area contributed by atoms with Gasteiger partial charge in [0.15, 0.2) is 0 Å². The number of amides is 1. The highest BCUT2D eigenvalue weighted by molar-refractivity contribution is 6.33. The summed E-state index contributed by atoms with van der Waals surface area (Å²) in [5.74, 6) is -1.63. The van der Waals surface area contributed by atoms with Gasteiger partial charge >= 0.3 is 5.97 Å². The smallest absolute Gasteiger partial charge is 0.308 e. The Morgan fingerprint density at radius 3 is 2.83 bits per heavy atom. The first-order chi connectivity index (χ1) is 11.5. The van der Waals surface area contributed by atoms with Gasteiger partial charge in [-0.25, -0.2) is 0 Å². The maximum Gasteiger partial charge on any atom is 0.308 e. The summed E-state index contributed by atoms with van der Waals surface area (Å²) in [6.45, 7) is 2.32. The summed E-state index contributed by atoms with van der Waals surface area (Å²) in [4.78, 5) is 25.7. The van der Waals surface area contributed by atoms with Gasteiger partial charge in [0, 0.05) is 18.2 Å². The Labute approximate surface area is 144 Å². The molecule has 7 heteroatoms. The van der Waals surface area contributed by atoms with Gasteiger partial charge in [-0.15, -0.1) is 0 Å². The van der Waals surface area contributed by atoms with Crippen molar-refractivity contribution < 1.29 is 14.7 Å². The number of hydrogen-bond donors (Lipinski definition) is 2. The molecule has 24 heavy (non-hydrogen) atoms. The average Bonchev–Trinajstić information content (AvgIpc) is 3.04. The normalized spacial score (nSPS) is 20.8. The Kier molecular flexibility index (Phi) is 4.57. The Balaban J connectivity index is 1.84. The number of carboxylic acid groups (broad SMARTS) is 1. The lowest BCUT2D eigenvalue weighted by molar-refractivity contribution is -0.144. The standard InChI is InChI=1S/C17H18ClN3O3/c1-10-11(17(23)24)6-4-8-21(10)16(22)15-9-14(19-20-15)12-5-2-3-7-13(12)18/h2-3,5,7,9-11H,4,6,8H2,1H3,(H,19,20)(H,23,24)/t10-,11-/m1/s1. The van der Waals surface area contributed by atoms with Crippen LogP contribution in [-0.2, 0) is 4.79 Å². The van der Waals surface area contributed by atoms with E-state index < -0.39 is 11.9 Å². The van der Waals surface area contributed by atoms with Crippen molar-refractivity contribution >= 4 is 23.5 Å². The van der Waals surface area contributed by atoms with Crippen LogP contribution in [0.3, 0.4) is 0 Å². The maximum atomic E-state index is 12.7. The molecule has 0 spiro atoms. The van der Waals surface area contributed by atoms with Crippen molar-refractivity contribution in [2.45, 2.75) is 25.8 Å². The number of carbonyl (C=O) groups is 2. The third-order valence-corrected chi connectivity index (χ3v) is 4.85.